The number of aromatic hydroxyl groups is 1. The van der Waals surface area contributed by atoms with Gasteiger partial charge in [0.15, 0.2) is 5.76 Å². The Labute approximate surface area is 126 Å². The molecule has 1 N–H and O–H groups in total. The molecule has 0 radical (unpaired) electrons. The number of fused-ring (bicyclic) bond motifs is 1. The Kier molecular flexibility index (Phi) is 3.25. The Morgan fingerprint density at radius 2 is 2.00 bits per heavy atom. The molecule has 1 aliphatic rings. The van der Waals surface area contributed by atoms with Crippen LogP contribution in [0.1, 0.15) is 17.1 Å². The van der Waals surface area contributed by atoms with Gasteiger partial charge < -0.3 is 9.84 Å². The van der Waals surface area contributed by atoms with Crippen molar-refractivity contribution in [3.05, 3.63) is 46.6 Å². The summed E-state index contributed by atoms with van der Waals surface area (Å²) in [5, 5.41) is 14.4. The van der Waals surface area contributed by atoms with Gasteiger partial charge in [0.1, 0.15) is 5.69 Å². The van der Waals surface area contributed by atoms with E-state index in [9.17, 15) is 9.90 Å². The van der Waals surface area contributed by atoms with Crippen LogP contribution in [0.4, 0.5) is 0 Å². The molecule has 22 heavy (non-hydrogen) atoms. The minimum atomic E-state index is -0.201. The molecule has 0 aliphatic heterocycles. The third kappa shape index (κ3) is 2.26. The quantitative estimate of drug-likeness (QED) is 0.903. The lowest BCUT2D eigenvalue weighted by Crippen LogP contribution is -2.05. The summed E-state index contributed by atoms with van der Waals surface area (Å²) >= 11 is 0. The van der Waals surface area contributed by atoms with E-state index < -0.39 is 0 Å². The predicted molar refractivity (Wildman–Crippen MR) is 79.1 cm³/mol. The van der Waals surface area contributed by atoms with Crippen LogP contribution in [-0.4, -0.2) is 37.6 Å². The van der Waals surface area contributed by atoms with Crippen molar-refractivity contribution >= 4 is 17.6 Å². The number of nitrogens with zero attached hydrogens (tertiary/aromatic N) is 4. The molecule has 0 atom stereocenters. The standard InChI is InChI=1S/C15H14N4O3/c1-8-9(2)18-19-11(14(21)17-15(19)16-8)6-10-4-5-12(20)13(7-10)22-3/h4-7,21H,1-3H3/b10-6+. The van der Waals surface area contributed by atoms with Crippen LogP contribution in [0.2, 0.25) is 0 Å². The van der Waals surface area contributed by atoms with Gasteiger partial charge in [-0.1, -0.05) is 6.08 Å². The first-order valence-corrected chi connectivity index (χ1v) is 6.62. The minimum Gasteiger partial charge on any atom is -0.493 e. The van der Waals surface area contributed by atoms with Crippen molar-refractivity contribution in [2.24, 2.45) is 0 Å². The average Bonchev–Trinajstić information content (AvgIpc) is 2.77. The molecule has 0 saturated heterocycles. The number of hydrogen-bond donors (Lipinski definition) is 1. The van der Waals surface area contributed by atoms with E-state index in [-0.39, 0.29) is 17.4 Å². The van der Waals surface area contributed by atoms with E-state index in [0.717, 1.165) is 11.4 Å². The van der Waals surface area contributed by atoms with Gasteiger partial charge in [0.05, 0.1) is 18.5 Å². The number of ketones is 1. The smallest absolute Gasteiger partial charge is 0.254 e. The molecule has 2 aromatic heterocycles. The van der Waals surface area contributed by atoms with Crippen molar-refractivity contribution in [2.75, 3.05) is 7.11 Å². The average molecular weight is 298 g/mol. The Morgan fingerprint density at radius 3 is 2.73 bits per heavy atom. The number of allylic oxidation sites excluding steroid dienone is 4. The molecule has 0 spiro atoms. The highest BCUT2D eigenvalue weighted by Crippen LogP contribution is 2.23. The number of methoxy groups -OCH3 is 1. The molecule has 7 heteroatoms. The van der Waals surface area contributed by atoms with Gasteiger partial charge in [-0.25, -0.2) is 4.98 Å². The third-order valence-corrected chi connectivity index (χ3v) is 3.39. The molecule has 0 fully saturated rings. The first kappa shape index (κ1) is 14.0. The Hall–Kier alpha value is -2.96. The van der Waals surface area contributed by atoms with Crippen molar-refractivity contribution in [1.29, 1.82) is 0 Å². The van der Waals surface area contributed by atoms with E-state index in [4.69, 9.17) is 4.74 Å². The third-order valence-electron chi connectivity index (χ3n) is 3.39. The molecule has 0 saturated carbocycles. The van der Waals surface area contributed by atoms with Gasteiger partial charge in [0.25, 0.3) is 5.78 Å². The normalized spacial score (nSPS) is 16.4. The SMILES string of the molecule is COC1=C/C(=C/c2c(O)nc3nc(C)c(C)nn23)C=CC1=O. The van der Waals surface area contributed by atoms with Crippen LogP contribution < -0.4 is 0 Å². The number of rotatable bonds is 2. The lowest BCUT2D eigenvalue weighted by Gasteiger charge is -2.07. The van der Waals surface area contributed by atoms with E-state index in [2.05, 4.69) is 15.1 Å². The maximum absolute atomic E-state index is 11.5. The first-order valence-electron chi connectivity index (χ1n) is 6.62. The summed E-state index contributed by atoms with van der Waals surface area (Å²) in [6.45, 7) is 3.66. The van der Waals surface area contributed by atoms with E-state index in [1.54, 1.807) is 18.2 Å². The van der Waals surface area contributed by atoms with Gasteiger partial charge in [-0.15, -0.1) is 0 Å². The van der Waals surface area contributed by atoms with Gasteiger partial charge in [-0.3, -0.25) is 4.79 Å². The van der Waals surface area contributed by atoms with Crippen molar-refractivity contribution in [3.8, 4) is 5.88 Å². The number of imidazole rings is 1. The minimum absolute atomic E-state index is 0.171. The zero-order valence-electron chi connectivity index (χ0n) is 12.4. The number of ether oxygens (including phenoxy) is 1. The Morgan fingerprint density at radius 1 is 1.23 bits per heavy atom. The summed E-state index contributed by atoms with van der Waals surface area (Å²) in [4.78, 5) is 19.8. The van der Waals surface area contributed by atoms with Crippen LogP contribution in [-0.2, 0) is 9.53 Å². The second-order valence-corrected chi connectivity index (χ2v) is 4.87. The summed E-state index contributed by atoms with van der Waals surface area (Å²) in [5.74, 6) is 0.183. The van der Waals surface area contributed by atoms with Gasteiger partial charge in [0.2, 0.25) is 11.7 Å². The van der Waals surface area contributed by atoms with Gasteiger partial charge in [-0.05, 0) is 37.6 Å². The lowest BCUT2D eigenvalue weighted by molar-refractivity contribution is -0.114. The summed E-state index contributed by atoms with van der Waals surface area (Å²) < 4.78 is 6.48. The van der Waals surface area contributed by atoms with E-state index >= 15 is 0 Å². The van der Waals surface area contributed by atoms with Crippen LogP contribution in [0.25, 0.3) is 11.9 Å². The monoisotopic (exact) mass is 298 g/mol. The molecule has 7 nitrogen and oxygen atoms in total. The van der Waals surface area contributed by atoms with Crippen LogP contribution in [0.3, 0.4) is 0 Å². The molecule has 3 rings (SSSR count). The maximum Gasteiger partial charge on any atom is 0.254 e. The lowest BCUT2D eigenvalue weighted by atomic mass is 10.1. The first-order chi connectivity index (χ1) is 10.5. The van der Waals surface area contributed by atoms with E-state index in [1.807, 2.05) is 13.8 Å². The van der Waals surface area contributed by atoms with Gasteiger partial charge >= 0.3 is 0 Å². The van der Waals surface area contributed by atoms with Gasteiger partial charge in [-0.2, -0.15) is 14.6 Å². The summed E-state index contributed by atoms with van der Waals surface area (Å²) in [7, 11) is 1.43. The maximum atomic E-state index is 11.5. The molecule has 1 aliphatic carbocycles. The molecule has 2 heterocycles. The molecule has 112 valence electrons. The van der Waals surface area contributed by atoms with Crippen molar-refractivity contribution < 1.29 is 14.6 Å². The van der Waals surface area contributed by atoms with Crippen LogP contribution in [0, 0.1) is 13.8 Å². The van der Waals surface area contributed by atoms with E-state index in [0.29, 0.717) is 17.0 Å². The molecular weight excluding hydrogens is 284 g/mol. The predicted octanol–water partition coefficient (Wildman–Crippen LogP) is 1.50. The van der Waals surface area contributed by atoms with Gasteiger partial charge in [0, 0.05) is 0 Å². The highest BCUT2D eigenvalue weighted by molar-refractivity contribution is 6.05. The summed E-state index contributed by atoms with van der Waals surface area (Å²) in [6, 6.07) is 0. The molecule has 0 aromatic carbocycles. The second kappa shape index (κ2) is 5.10. The number of carbonyl (C=O) groups is 1. The molecular formula is C15H14N4O3. The Balaban J connectivity index is 2.15. The molecule has 0 bridgehead atoms. The zero-order chi connectivity index (χ0) is 15.9. The fourth-order valence-electron chi connectivity index (χ4n) is 2.08. The molecule has 0 amide bonds. The number of aryl methyl sites for hydroxylation is 2. The number of hydrogen-bond acceptors (Lipinski definition) is 6. The van der Waals surface area contributed by atoms with E-state index in [1.165, 1.54) is 17.7 Å². The van der Waals surface area contributed by atoms with Crippen LogP contribution in [0.15, 0.2) is 29.6 Å². The molecule has 2 aromatic rings. The fraction of sp³-hybridized carbons (Fsp3) is 0.200. The Bertz CT molecular complexity index is 875. The fourth-order valence-corrected chi connectivity index (χ4v) is 2.08. The van der Waals surface area contributed by atoms with Crippen molar-refractivity contribution in [1.82, 2.24) is 19.6 Å². The van der Waals surface area contributed by atoms with Crippen LogP contribution >= 0.6 is 0 Å². The highest BCUT2D eigenvalue weighted by atomic mass is 16.5. The number of aromatic nitrogens is 4. The number of carbonyl (C=O) groups excluding carboxylic acids is 1. The van der Waals surface area contributed by atoms with Crippen LogP contribution in [0.5, 0.6) is 5.88 Å². The van der Waals surface area contributed by atoms with Crippen molar-refractivity contribution in [2.45, 2.75) is 13.8 Å². The summed E-state index contributed by atoms with van der Waals surface area (Å²) in [6.07, 6.45) is 6.31. The zero-order valence-corrected chi connectivity index (χ0v) is 12.4. The summed E-state index contributed by atoms with van der Waals surface area (Å²) in [5.41, 5.74) is 2.58. The highest BCUT2D eigenvalue weighted by Gasteiger charge is 2.16. The second-order valence-electron chi connectivity index (χ2n) is 4.87. The molecule has 0 unspecified atom stereocenters. The largest absolute Gasteiger partial charge is 0.493 e. The topological polar surface area (TPSA) is 89.6 Å². The van der Waals surface area contributed by atoms with Crippen molar-refractivity contribution in [3.63, 3.8) is 0 Å².